The molecule has 14 heavy (non-hydrogen) atoms. The molecule has 1 N–H and O–H groups in total. The van der Waals surface area contributed by atoms with E-state index in [0.29, 0.717) is 6.42 Å². The van der Waals surface area contributed by atoms with E-state index >= 15 is 0 Å². The molecule has 91 valence electrons. The van der Waals surface area contributed by atoms with Crippen LogP contribution in [-0.4, -0.2) is 18.7 Å². The summed E-state index contributed by atoms with van der Waals surface area (Å²) < 4.78 is 29.1. The Morgan fingerprint density at radius 1 is 0.929 bits per heavy atom. The van der Waals surface area contributed by atoms with Crippen LogP contribution in [0.1, 0.15) is 51.9 Å². The van der Waals surface area contributed by atoms with Crippen molar-refractivity contribution >= 4 is 10.1 Å². The average Bonchev–Trinajstić information content (AvgIpc) is 2.01. The SMILES string of the molecule is CCCCCCCCCS(=O)(=O)O.[Cu]. The molecule has 1 radical (unpaired) electrons. The van der Waals surface area contributed by atoms with Crippen molar-refractivity contribution in [1.29, 1.82) is 0 Å². The van der Waals surface area contributed by atoms with Gasteiger partial charge in [0.25, 0.3) is 10.1 Å². The minimum atomic E-state index is -3.72. The molecular formula is C9H20CuO3S. The second-order valence-electron chi connectivity index (χ2n) is 3.41. The van der Waals surface area contributed by atoms with Crippen molar-refractivity contribution in [2.75, 3.05) is 5.75 Å². The van der Waals surface area contributed by atoms with E-state index in [1.54, 1.807) is 0 Å². The fraction of sp³-hybridized carbons (Fsp3) is 1.00. The Labute approximate surface area is 97.9 Å². The van der Waals surface area contributed by atoms with Crippen molar-refractivity contribution < 1.29 is 30.0 Å². The molecule has 0 aromatic rings. The molecular weight excluding hydrogens is 252 g/mol. The molecule has 0 aromatic heterocycles. The van der Waals surface area contributed by atoms with Crippen molar-refractivity contribution in [3.05, 3.63) is 0 Å². The summed E-state index contributed by atoms with van der Waals surface area (Å²) in [6.45, 7) is 2.17. The molecule has 0 spiro atoms. The third-order valence-electron chi connectivity index (χ3n) is 2.01. The molecule has 0 aliphatic carbocycles. The molecule has 0 heterocycles. The van der Waals surface area contributed by atoms with Crippen LogP contribution in [0.4, 0.5) is 0 Å². The molecule has 5 heteroatoms. The minimum Gasteiger partial charge on any atom is -0.286 e. The third kappa shape index (κ3) is 14.9. The first-order valence-corrected chi connectivity index (χ1v) is 6.62. The monoisotopic (exact) mass is 271 g/mol. The molecule has 0 aliphatic heterocycles. The molecule has 0 fully saturated rings. The summed E-state index contributed by atoms with van der Waals surface area (Å²) >= 11 is 0. The molecule has 0 atom stereocenters. The molecule has 0 amide bonds. The van der Waals surface area contributed by atoms with Crippen molar-refractivity contribution in [3.63, 3.8) is 0 Å². The largest absolute Gasteiger partial charge is 0.286 e. The summed E-state index contributed by atoms with van der Waals surface area (Å²) in [5.74, 6) is -0.0826. The Hall–Kier alpha value is 0.429. The van der Waals surface area contributed by atoms with E-state index in [2.05, 4.69) is 6.92 Å². The fourth-order valence-electron chi connectivity index (χ4n) is 1.24. The van der Waals surface area contributed by atoms with E-state index in [1.165, 1.54) is 25.7 Å². The van der Waals surface area contributed by atoms with Gasteiger partial charge in [0.15, 0.2) is 0 Å². The van der Waals surface area contributed by atoms with Crippen LogP contribution in [0.25, 0.3) is 0 Å². The molecule has 0 aromatic carbocycles. The third-order valence-corrected chi connectivity index (χ3v) is 2.81. The number of unbranched alkanes of at least 4 members (excludes halogenated alkanes) is 6. The second-order valence-corrected chi connectivity index (χ2v) is 4.98. The first-order chi connectivity index (χ1) is 6.06. The van der Waals surface area contributed by atoms with Gasteiger partial charge in [0.2, 0.25) is 0 Å². The van der Waals surface area contributed by atoms with E-state index < -0.39 is 10.1 Å². The maximum absolute atomic E-state index is 10.3. The Bertz CT molecular complexity index is 202. The van der Waals surface area contributed by atoms with Crippen LogP contribution in [0, 0.1) is 0 Å². The maximum atomic E-state index is 10.3. The van der Waals surface area contributed by atoms with Gasteiger partial charge in [0.05, 0.1) is 5.75 Å². The van der Waals surface area contributed by atoms with Gasteiger partial charge in [-0.2, -0.15) is 8.42 Å². The van der Waals surface area contributed by atoms with Crippen molar-refractivity contribution in [2.24, 2.45) is 0 Å². The van der Waals surface area contributed by atoms with Crippen LogP contribution in [0.2, 0.25) is 0 Å². The second kappa shape index (κ2) is 9.96. The van der Waals surface area contributed by atoms with Gasteiger partial charge in [-0.15, -0.1) is 0 Å². The van der Waals surface area contributed by atoms with Crippen LogP contribution in [0.15, 0.2) is 0 Å². The Morgan fingerprint density at radius 3 is 1.79 bits per heavy atom. The van der Waals surface area contributed by atoms with Gasteiger partial charge in [-0.25, -0.2) is 0 Å². The van der Waals surface area contributed by atoms with Gasteiger partial charge in [-0.05, 0) is 6.42 Å². The number of hydrogen-bond donors (Lipinski definition) is 1. The topological polar surface area (TPSA) is 54.4 Å². The fourth-order valence-corrected chi connectivity index (χ4v) is 1.81. The van der Waals surface area contributed by atoms with E-state index in [-0.39, 0.29) is 22.8 Å². The molecule has 0 saturated heterocycles. The number of rotatable bonds is 8. The first kappa shape index (κ1) is 16.8. The van der Waals surface area contributed by atoms with Crippen LogP contribution in [-0.2, 0) is 27.2 Å². The van der Waals surface area contributed by atoms with Crippen LogP contribution >= 0.6 is 0 Å². The molecule has 3 nitrogen and oxygen atoms in total. The predicted molar refractivity (Wildman–Crippen MR) is 54.4 cm³/mol. The zero-order chi connectivity index (χ0) is 10.2. The summed E-state index contributed by atoms with van der Waals surface area (Å²) in [6, 6.07) is 0. The normalized spacial score (nSPS) is 11.0. The smallest absolute Gasteiger partial charge is 0.264 e. The van der Waals surface area contributed by atoms with Crippen LogP contribution in [0.5, 0.6) is 0 Å². The molecule has 0 unspecified atom stereocenters. The van der Waals surface area contributed by atoms with E-state index in [0.717, 1.165) is 12.8 Å². The quantitative estimate of drug-likeness (QED) is 0.419. The summed E-state index contributed by atoms with van der Waals surface area (Å²) in [6.07, 6.45) is 7.48. The summed E-state index contributed by atoms with van der Waals surface area (Å²) in [5.41, 5.74) is 0. The van der Waals surface area contributed by atoms with E-state index in [1.807, 2.05) is 0 Å². The zero-order valence-corrected chi connectivity index (χ0v) is 10.4. The van der Waals surface area contributed by atoms with Gasteiger partial charge in [-0.3, -0.25) is 4.55 Å². The van der Waals surface area contributed by atoms with Crippen LogP contribution < -0.4 is 0 Å². The van der Waals surface area contributed by atoms with Crippen LogP contribution in [0.3, 0.4) is 0 Å². The maximum Gasteiger partial charge on any atom is 0.264 e. The van der Waals surface area contributed by atoms with Gasteiger partial charge >= 0.3 is 0 Å². The summed E-state index contributed by atoms with van der Waals surface area (Å²) in [7, 11) is -3.72. The van der Waals surface area contributed by atoms with E-state index in [9.17, 15) is 8.42 Å². The molecule has 0 aliphatic rings. The number of hydrogen-bond acceptors (Lipinski definition) is 2. The first-order valence-electron chi connectivity index (χ1n) is 5.01. The van der Waals surface area contributed by atoms with Gasteiger partial charge in [0, 0.05) is 17.1 Å². The summed E-state index contributed by atoms with van der Waals surface area (Å²) in [4.78, 5) is 0. The molecule has 0 saturated carbocycles. The Kier molecular flexibility index (Phi) is 12.0. The Balaban J connectivity index is 0. The summed E-state index contributed by atoms with van der Waals surface area (Å²) in [5, 5.41) is 0. The zero-order valence-electron chi connectivity index (χ0n) is 8.63. The van der Waals surface area contributed by atoms with E-state index in [4.69, 9.17) is 4.55 Å². The minimum absolute atomic E-state index is 0. The van der Waals surface area contributed by atoms with Crippen molar-refractivity contribution in [1.82, 2.24) is 0 Å². The standard InChI is InChI=1S/C9H20O3S.Cu/c1-2-3-4-5-6-7-8-9-13(10,11)12;/h2-9H2,1H3,(H,10,11,12);. The Morgan fingerprint density at radius 2 is 1.36 bits per heavy atom. The average molecular weight is 272 g/mol. The molecule has 0 rings (SSSR count). The molecule has 0 bridgehead atoms. The van der Waals surface area contributed by atoms with Gasteiger partial charge in [0.1, 0.15) is 0 Å². The van der Waals surface area contributed by atoms with Crippen molar-refractivity contribution in [2.45, 2.75) is 51.9 Å². The predicted octanol–water partition coefficient (Wildman–Crippen LogP) is 2.62. The van der Waals surface area contributed by atoms with Gasteiger partial charge < -0.3 is 0 Å². The van der Waals surface area contributed by atoms with Gasteiger partial charge in [-0.1, -0.05) is 45.4 Å². The van der Waals surface area contributed by atoms with Crippen molar-refractivity contribution in [3.8, 4) is 0 Å².